The highest BCUT2D eigenvalue weighted by Crippen LogP contribution is 2.25. The quantitative estimate of drug-likeness (QED) is 0.902. The summed E-state index contributed by atoms with van der Waals surface area (Å²) in [4.78, 5) is 16.9. The summed E-state index contributed by atoms with van der Waals surface area (Å²) in [5, 5.41) is 0. The minimum absolute atomic E-state index is 0.174. The van der Waals surface area contributed by atoms with E-state index in [1.54, 1.807) is 0 Å². The average Bonchev–Trinajstić information content (AvgIpc) is 2.47. The first-order valence-electron chi connectivity index (χ1n) is 7.86. The number of carbonyl (C=O) groups excluding carboxylic acids is 1. The second-order valence-electron chi connectivity index (χ2n) is 6.15. The molecule has 1 aromatic rings. The summed E-state index contributed by atoms with van der Waals surface area (Å²) in [5.41, 5.74) is 6.99. The zero-order chi connectivity index (χ0) is 15.2. The van der Waals surface area contributed by atoms with Gasteiger partial charge in [0.15, 0.2) is 0 Å². The Balaban J connectivity index is 2.03. The van der Waals surface area contributed by atoms with Crippen molar-refractivity contribution < 1.29 is 4.79 Å². The van der Waals surface area contributed by atoms with Gasteiger partial charge in [0.05, 0.1) is 6.04 Å². The van der Waals surface area contributed by atoms with Crippen LogP contribution in [0.15, 0.2) is 30.3 Å². The maximum Gasteiger partial charge on any atom is 0.223 e. The van der Waals surface area contributed by atoms with Gasteiger partial charge in [0, 0.05) is 32.1 Å². The minimum Gasteiger partial charge on any atom is -0.333 e. The lowest BCUT2D eigenvalue weighted by Gasteiger charge is -2.40. The third-order valence-corrected chi connectivity index (χ3v) is 4.14. The van der Waals surface area contributed by atoms with Crippen molar-refractivity contribution in [3.63, 3.8) is 0 Å². The van der Waals surface area contributed by atoms with Crippen LogP contribution in [0.4, 0.5) is 0 Å². The van der Waals surface area contributed by atoms with Crippen LogP contribution in [0.25, 0.3) is 0 Å². The summed E-state index contributed by atoms with van der Waals surface area (Å²) in [7, 11) is 2.12. The fourth-order valence-corrected chi connectivity index (χ4v) is 2.90. The standard InChI is InChI=1S/C17H27N3O/c1-14(18)7-6-10-17(21)20-12-11-19(2)13-16(20)15-8-4-3-5-9-15/h3-5,8-9,14,16H,6-7,10-13,18H2,1-2H3. The molecule has 4 nitrogen and oxygen atoms in total. The van der Waals surface area contributed by atoms with Crippen LogP contribution in [-0.4, -0.2) is 48.4 Å². The molecule has 2 rings (SSSR count). The van der Waals surface area contributed by atoms with Gasteiger partial charge in [-0.3, -0.25) is 4.79 Å². The number of nitrogens with two attached hydrogens (primary N) is 1. The Morgan fingerprint density at radius 3 is 2.71 bits per heavy atom. The van der Waals surface area contributed by atoms with Gasteiger partial charge in [-0.2, -0.15) is 0 Å². The number of piperazine rings is 1. The van der Waals surface area contributed by atoms with Crippen LogP contribution in [-0.2, 0) is 4.79 Å². The number of carbonyl (C=O) groups is 1. The maximum atomic E-state index is 12.5. The first kappa shape index (κ1) is 16.0. The molecule has 1 heterocycles. The summed E-state index contributed by atoms with van der Waals surface area (Å²) in [6, 6.07) is 10.7. The van der Waals surface area contributed by atoms with Crippen molar-refractivity contribution in [3.8, 4) is 0 Å². The number of benzene rings is 1. The van der Waals surface area contributed by atoms with Crippen LogP contribution < -0.4 is 5.73 Å². The molecule has 1 aliphatic heterocycles. The Labute approximate surface area is 127 Å². The van der Waals surface area contributed by atoms with E-state index >= 15 is 0 Å². The predicted octanol–water partition coefficient (Wildman–Crippen LogP) is 2.02. The molecule has 1 aromatic carbocycles. The molecule has 2 N–H and O–H groups in total. The van der Waals surface area contributed by atoms with E-state index in [1.807, 2.05) is 25.1 Å². The van der Waals surface area contributed by atoms with Crippen LogP contribution in [0.3, 0.4) is 0 Å². The molecule has 2 atom stereocenters. The zero-order valence-corrected chi connectivity index (χ0v) is 13.2. The smallest absolute Gasteiger partial charge is 0.223 e. The van der Waals surface area contributed by atoms with E-state index in [1.165, 1.54) is 5.56 Å². The van der Waals surface area contributed by atoms with Gasteiger partial charge in [-0.25, -0.2) is 0 Å². The van der Waals surface area contributed by atoms with E-state index in [9.17, 15) is 4.79 Å². The van der Waals surface area contributed by atoms with Crippen molar-refractivity contribution in [2.24, 2.45) is 5.73 Å². The number of likely N-dealkylation sites (N-methyl/N-ethyl adjacent to an activating group) is 1. The molecule has 21 heavy (non-hydrogen) atoms. The zero-order valence-electron chi connectivity index (χ0n) is 13.2. The monoisotopic (exact) mass is 289 g/mol. The molecule has 0 aromatic heterocycles. The Hall–Kier alpha value is -1.39. The SMILES string of the molecule is CC(N)CCCC(=O)N1CCN(C)CC1c1ccccc1. The van der Waals surface area contributed by atoms with E-state index in [4.69, 9.17) is 5.73 Å². The first-order chi connectivity index (χ1) is 10.1. The van der Waals surface area contributed by atoms with Gasteiger partial charge in [-0.1, -0.05) is 30.3 Å². The highest BCUT2D eigenvalue weighted by atomic mass is 16.2. The number of amides is 1. The predicted molar refractivity (Wildman–Crippen MR) is 85.9 cm³/mol. The lowest BCUT2D eigenvalue weighted by Crippen LogP contribution is -2.49. The van der Waals surface area contributed by atoms with E-state index in [0.29, 0.717) is 6.42 Å². The van der Waals surface area contributed by atoms with Crippen molar-refractivity contribution in [3.05, 3.63) is 35.9 Å². The highest BCUT2D eigenvalue weighted by Gasteiger charge is 2.29. The highest BCUT2D eigenvalue weighted by molar-refractivity contribution is 5.76. The number of hydrogen-bond donors (Lipinski definition) is 1. The van der Waals surface area contributed by atoms with Crippen LogP contribution in [0.2, 0.25) is 0 Å². The van der Waals surface area contributed by atoms with Crippen LogP contribution >= 0.6 is 0 Å². The fraction of sp³-hybridized carbons (Fsp3) is 0.588. The Bertz CT molecular complexity index is 447. The van der Waals surface area contributed by atoms with Crippen molar-refractivity contribution >= 4 is 5.91 Å². The second kappa shape index (κ2) is 7.57. The molecule has 0 saturated carbocycles. The van der Waals surface area contributed by atoms with Gasteiger partial charge >= 0.3 is 0 Å². The van der Waals surface area contributed by atoms with E-state index in [2.05, 4.69) is 29.0 Å². The molecule has 2 unspecified atom stereocenters. The lowest BCUT2D eigenvalue weighted by atomic mass is 10.0. The number of nitrogens with zero attached hydrogens (tertiary/aromatic N) is 2. The van der Waals surface area contributed by atoms with Gasteiger partial charge in [-0.15, -0.1) is 0 Å². The second-order valence-corrected chi connectivity index (χ2v) is 6.15. The van der Waals surface area contributed by atoms with Gasteiger partial charge in [0.2, 0.25) is 5.91 Å². The molecule has 0 aliphatic carbocycles. The molecular formula is C17H27N3O. The van der Waals surface area contributed by atoms with Crippen LogP contribution in [0.1, 0.15) is 37.8 Å². The summed E-state index contributed by atoms with van der Waals surface area (Å²) >= 11 is 0. The van der Waals surface area contributed by atoms with E-state index in [-0.39, 0.29) is 18.0 Å². The van der Waals surface area contributed by atoms with Crippen LogP contribution in [0, 0.1) is 0 Å². The third kappa shape index (κ3) is 4.55. The van der Waals surface area contributed by atoms with Gasteiger partial charge < -0.3 is 15.5 Å². The Morgan fingerprint density at radius 2 is 2.05 bits per heavy atom. The molecule has 116 valence electrons. The number of hydrogen-bond acceptors (Lipinski definition) is 3. The summed E-state index contributed by atoms with van der Waals surface area (Å²) in [6.45, 7) is 4.66. The Morgan fingerprint density at radius 1 is 1.33 bits per heavy atom. The lowest BCUT2D eigenvalue weighted by molar-refractivity contribution is -0.136. The number of rotatable bonds is 5. The minimum atomic E-state index is 0.174. The molecular weight excluding hydrogens is 262 g/mol. The van der Waals surface area contributed by atoms with Crippen molar-refractivity contribution in [1.82, 2.24) is 9.80 Å². The van der Waals surface area contributed by atoms with Crippen molar-refractivity contribution in [1.29, 1.82) is 0 Å². The summed E-state index contributed by atoms with van der Waals surface area (Å²) in [6.07, 6.45) is 2.40. The summed E-state index contributed by atoms with van der Waals surface area (Å²) < 4.78 is 0. The largest absolute Gasteiger partial charge is 0.333 e. The molecule has 0 spiro atoms. The molecule has 1 saturated heterocycles. The van der Waals surface area contributed by atoms with E-state index < -0.39 is 0 Å². The van der Waals surface area contributed by atoms with E-state index in [0.717, 1.165) is 32.5 Å². The first-order valence-corrected chi connectivity index (χ1v) is 7.86. The molecule has 1 aliphatic rings. The summed E-state index contributed by atoms with van der Waals surface area (Å²) in [5.74, 6) is 0.262. The van der Waals surface area contributed by atoms with Gasteiger partial charge in [0.25, 0.3) is 0 Å². The third-order valence-electron chi connectivity index (χ3n) is 4.14. The average molecular weight is 289 g/mol. The van der Waals surface area contributed by atoms with Gasteiger partial charge in [0.1, 0.15) is 0 Å². The Kier molecular flexibility index (Phi) is 5.76. The van der Waals surface area contributed by atoms with Gasteiger partial charge in [-0.05, 0) is 32.4 Å². The molecule has 0 bridgehead atoms. The van der Waals surface area contributed by atoms with Crippen LogP contribution in [0.5, 0.6) is 0 Å². The molecule has 4 heteroatoms. The topological polar surface area (TPSA) is 49.6 Å². The van der Waals surface area contributed by atoms with Crippen molar-refractivity contribution in [2.45, 2.75) is 38.3 Å². The molecule has 0 radical (unpaired) electrons. The van der Waals surface area contributed by atoms with Crippen molar-refractivity contribution in [2.75, 3.05) is 26.7 Å². The fourth-order valence-electron chi connectivity index (χ4n) is 2.90. The molecule has 1 amide bonds. The normalized spacial score (nSPS) is 21.3. The maximum absolute atomic E-state index is 12.5. The molecule has 1 fully saturated rings.